The number of carboxylic acid groups (broad SMARTS) is 1. The van der Waals surface area contributed by atoms with Crippen molar-refractivity contribution < 1.29 is 19.4 Å². The highest BCUT2D eigenvalue weighted by molar-refractivity contribution is 5.86. The van der Waals surface area contributed by atoms with Crippen LogP contribution in [0, 0.1) is 11.8 Å². The Morgan fingerprint density at radius 1 is 1.14 bits per heavy atom. The summed E-state index contributed by atoms with van der Waals surface area (Å²) >= 11 is 0. The summed E-state index contributed by atoms with van der Waals surface area (Å²) in [7, 11) is 0. The quantitative estimate of drug-likeness (QED) is 0.548. The van der Waals surface area contributed by atoms with Crippen molar-refractivity contribution in [2.45, 2.75) is 46.2 Å². The van der Waals surface area contributed by atoms with E-state index in [0.717, 1.165) is 0 Å². The molecule has 0 atom stereocenters. The first-order valence-electron chi connectivity index (χ1n) is 4.47. The standard InChI is InChI=1S/C10H16O4/c1-7(2)13-10(14-8(3)4)6-5-9(11)12/h7-8,10H,1-4H3,(H,11,12). The van der Waals surface area contributed by atoms with E-state index in [2.05, 4.69) is 5.92 Å². The van der Waals surface area contributed by atoms with Crippen LogP contribution in [0.2, 0.25) is 0 Å². The summed E-state index contributed by atoms with van der Waals surface area (Å²) in [6.07, 6.45) is -0.880. The molecule has 0 aliphatic carbocycles. The summed E-state index contributed by atoms with van der Waals surface area (Å²) in [5, 5.41) is 8.35. The summed E-state index contributed by atoms with van der Waals surface area (Å²) in [6, 6.07) is 0. The summed E-state index contributed by atoms with van der Waals surface area (Å²) in [5.41, 5.74) is 0. The van der Waals surface area contributed by atoms with Crippen LogP contribution in [-0.2, 0) is 14.3 Å². The van der Waals surface area contributed by atoms with Crippen LogP contribution in [0.5, 0.6) is 0 Å². The average Bonchev–Trinajstić information content (AvgIpc) is 1.97. The van der Waals surface area contributed by atoms with Gasteiger partial charge in [-0.15, -0.1) is 0 Å². The van der Waals surface area contributed by atoms with Crippen LogP contribution in [0.3, 0.4) is 0 Å². The van der Waals surface area contributed by atoms with Crippen molar-refractivity contribution in [1.82, 2.24) is 0 Å². The van der Waals surface area contributed by atoms with Gasteiger partial charge in [0.2, 0.25) is 6.29 Å². The fourth-order valence-corrected chi connectivity index (χ4v) is 0.715. The molecule has 0 saturated heterocycles. The monoisotopic (exact) mass is 200 g/mol. The van der Waals surface area contributed by atoms with E-state index < -0.39 is 12.3 Å². The molecule has 14 heavy (non-hydrogen) atoms. The van der Waals surface area contributed by atoms with E-state index in [4.69, 9.17) is 14.6 Å². The minimum Gasteiger partial charge on any atom is -0.472 e. The van der Waals surface area contributed by atoms with Gasteiger partial charge >= 0.3 is 5.97 Å². The fraction of sp³-hybridized carbons (Fsp3) is 0.700. The van der Waals surface area contributed by atoms with Gasteiger partial charge in [0, 0.05) is 5.92 Å². The lowest BCUT2D eigenvalue weighted by atomic mass is 10.4. The molecular weight excluding hydrogens is 184 g/mol. The molecule has 0 bridgehead atoms. The largest absolute Gasteiger partial charge is 0.472 e. The maximum Gasteiger partial charge on any atom is 0.382 e. The topological polar surface area (TPSA) is 55.8 Å². The van der Waals surface area contributed by atoms with Gasteiger partial charge < -0.3 is 14.6 Å². The Morgan fingerprint density at radius 3 is 1.86 bits per heavy atom. The molecule has 0 spiro atoms. The summed E-state index contributed by atoms with van der Waals surface area (Å²) in [4.78, 5) is 10.2. The van der Waals surface area contributed by atoms with Gasteiger partial charge in [-0.3, -0.25) is 0 Å². The zero-order valence-electron chi connectivity index (χ0n) is 8.90. The van der Waals surface area contributed by atoms with Crippen LogP contribution in [0.1, 0.15) is 27.7 Å². The summed E-state index contributed by atoms with van der Waals surface area (Å²) < 4.78 is 10.5. The van der Waals surface area contributed by atoms with E-state index in [0.29, 0.717) is 0 Å². The highest BCUT2D eigenvalue weighted by Gasteiger charge is 2.10. The van der Waals surface area contributed by atoms with Crippen LogP contribution in [-0.4, -0.2) is 29.6 Å². The van der Waals surface area contributed by atoms with Gasteiger partial charge in [-0.2, -0.15) is 0 Å². The van der Waals surface area contributed by atoms with Crippen LogP contribution < -0.4 is 0 Å². The van der Waals surface area contributed by atoms with Gasteiger partial charge in [-0.05, 0) is 33.6 Å². The SMILES string of the molecule is CC(C)OC(C#CC(=O)O)OC(C)C. The van der Waals surface area contributed by atoms with Crippen molar-refractivity contribution >= 4 is 5.97 Å². The molecule has 0 aliphatic heterocycles. The summed E-state index contributed by atoms with van der Waals surface area (Å²) in [5.74, 6) is 3.18. The van der Waals surface area contributed by atoms with Gasteiger partial charge in [0.1, 0.15) is 0 Å². The molecule has 0 aliphatic rings. The number of ether oxygens (including phenoxy) is 2. The van der Waals surface area contributed by atoms with E-state index in [1.54, 1.807) is 0 Å². The fourth-order valence-electron chi connectivity index (χ4n) is 0.715. The van der Waals surface area contributed by atoms with Crippen molar-refractivity contribution in [1.29, 1.82) is 0 Å². The molecule has 0 rings (SSSR count). The zero-order valence-corrected chi connectivity index (χ0v) is 8.90. The predicted octanol–water partition coefficient (Wildman–Crippen LogP) is 1.25. The molecule has 0 aromatic rings. The zero-order chi connectivity index (χ0) is 11.1. The van der Waals surface area contributed by atoms with Gasteiger partial charge in [0.25, 0.3) is 0 Å². The number of hydrogen-bond donors (Lipinski definition) is 1. The van der Waals surface area contributed by atoms with Crippen LogP contribution in [0.4, 0.5) is 0 Å². The van der Waals surface area contributed by atoms with Gasteiger partial charge in [0.15, 0.2) is 0 Å². The molecule has 0 aromatic heterocycles. The molecule has 0 fully saturated rings. The molecule has 0 heterocycles. The highest BCUT2D eigenvalue weighted by Crippen LogP contribution is 2.02. The molecule has 0 radical (unpaired) electrons. The third kappa shape index (κ3) is 7.59. The molecule has 0 unspecified atom stereocenters. The average molecular weight is 200 g/mol. The second-order valence-corrected chi connectivity index (χ2v) is 3.28. The van der Waals surface area contributed by atoms with Crippen molar-refractivity contribution in [2.24, 2.45) is 0 Å². The Morgan fingerprint density at radius 2 is 1.57 bits per heavy atom. The Kier molecular flexibility index (Phi) is 5.93. The van der Waals surface area contributed by atoms with Crippen molar-refractivity contribution in [2.75, 3.05) is 0 Å². The van der Waals surface area contributed by atoms with Crippen molar-refractivity contribution in [3.63, 3.8) is 0 Å². The first-order valence-corrected chi connectivity index (χ1v) is 4.47. The normalized spacial score (nSPS) is 10.5. The molecule has 0 aromatic carbocycles. The number of rotatable bonds is 4. The van der Waals surface area contributed by atoms with E-state index in [-0.39, 0.29) is 12.2 Å². The minimum absolute atomic E-state index is 0.0538. The number of aliphatic carboxylic acids is 1. The van der Waals surface area contributed by atoms with E-state index in [1.807, 2.05) is 33.6 Å². The molecule has 4 heteroatoms. The maximum atomic E-state index is 10.2. The van der Waals surface area contributed by atoms with Crippen molar-refractivity contribution in [3.8, 4) is 11.8 Å². The number of carbonyl (C=O) groups is 1. The molecule has 4 nitrogen and oxygen atoms in total. The van der Waals surface area contributed by atoms with Gasteiger partial charge in [-0.25, -0.2) is 4.79 Å². The Labute approximate surface area is 84.2 Å². The lowest BCUT2D eigenvalue weighted by Gasteiger charge is -2.17. The molecule has 0 saturated carbocycles. The third-order valence-electron chi connectivity index (χ3n) is 1.09. The van der Waals surface area contributed by atoms with E-state index >= 15 is 0 Å². The lowest BCUT2D eigenvalue weighted by molar-refractivity contribution is -0.147. The molecular formula is C10H16O4. The molecule has 1 N–H and O–H groups in total. The highest BCUT2D eigenvalue weighted by atomic mass is 16.7. The number of carboxylic acids is 1. The minimum atomic E-state index is -1.19. The number of hydrogen-bond acceptors (Lipinski definition) is 3. The predicted molar refractivity (Wildman–Crippen MR) is 51.6 cm³/mol. The van der Waals surface area contributed by atoms with Crippen molar-refractivity contribution in [3.05, 3.63) is 0 Å². The lowest BCUT2D eigenvalue weighted by Crippen LogP contribution is -2.23. The Bertz CT molecular complexity index is 224. The second-order valence-electron chi connectivity index (χ2n) is 3.28. The first-order chi connectivity index (χ1) is 6.41. The van der Waals surface area contributed by atoms with E-state index in [1.165, 1.54) is 0 Å². The maximum absolute atomic E-state index is 10.2. The van der Waals surface area contributed by atoms with Gasteiger partial charge in [0.05, 0.1) is 12.2 Å². The Balaban J connectivity index is 4.26. The van der Waals surface area contributed by atoms with Crippen LogP contribution in [0.25, 0.3) is 0 Å². The van der Waals surface area contributed by atoms with Crippen LogP contribution in [0.15, 0.2) is 0 Å². The van der Waals surface area contributed by atoms with Gasteiger partial charge in [-0.1, -0.05) is 0 Å². The smallest absolute Gasteiger partial charge is 0.382 e. The second kappa shape index (κ2) is 6.41. The molecule has 80 valence electrons. The van der Waals surface area contributed by atoms with Crippen LogP contribution >= 0.6 is 0 Å². The van der Waals surface area contributed by atoms with E-state index in [9.17, 15) is 4.79 Å². The summed E-state index contributed by atoms with van der Waals surface area (Å²) in [6.45, 7) is 7.33. The first kappa shape index (κ1) is 12.9. The Hall–Kier alpha value is -1.05. The molecule has 0 amide bonds. The third-order valence-corrected chi connectivity index (χ3v) is 1.09.